The molecule has 1 N–H and O–H groups in total. The molecular weight excluding hydrogens is 320 g/mol. The van der Waals surface area contributed by atoms with Gasteiger partial charge in [0.05, 0.1) is 6.54 Å². The lowest BCUT2D eigenvalue weighted by Gasteiger charge is -2.29. The maximum Gasteiger partial charge on any atom is 0.231 e. The third kappa shape index (κ3) is 3.66. The minimum Gasteiger partial charge on any atom is -0.356 e. The molecule has 24 heavy (non-hydrogen) atoms. The van der Waals surface area contributed by atoms with Crippen LogP contribution in [0.3, 0.4) is 0 Å². The van der Waals surface area contributed by atoms with Gasteiger partial charge in [0.1, 0.15) is 0 Å². The number of hydrogen-bond donors (Lipinski definition) is 1. The number of hydrogen-bond acceptors (Lipinski definition) is 3. The molecule has 1 aliphatic heterocycles. The molecule has 0 unspecified atom stereocenters. The second kappa shape index (κ2) is 7.33. The molecule has 5 heteroatoms. The van der Waals surface area contributed by atoms with Gasteiger partial charge in [0, 0.05) is 35.0 Å². The van der Waals surface area contributed by atoms with Gasteiger partial charge in [0.25, 0.3) is 0 Å². The van der Waals surface area contributed by atoms with Crippen molar-refractivity contribution in [3.63, 3.8) is 0 Å². The molecule has 0 aliphatic carbocycles. The molecule has 2 aromatic rings. The molecule has 1 atom stereocenters. The average Bonchev–Trinajstić information content (AvgIpc) is 3.12. The van der Waals surface area contributed by atoms with Crippen LogP contribution >= 0.6 is 11.3 Å². The summed E-state index contributed by atoms with van der Waals surface area (Å²) in [5.74, 6) is 2.24. The summed E-state index contributed by atoms with van der Waals surface area (Å²) in [5.41, 5.74) is 1.51. The molecule has 1 aromatic carbocycles. The van der Waals surface area contributed by atoms with E-state index in [1.165, 1.54) is 0 Å². The van der Waals surface area contributed by atoms with Gasteiger partial charge in [-0.05, 0) is 36.1 Å². The zero-order valence-electron chi connectivity index (χ0n) is 13.2. The van der Waals surface area contributed by atoms with E-state index in [-0.39, 0.29) is 24.2 Å². The number of carbonyl (C=O) groups excluding carboxylic acids is 2. The first-order valence-electron chi connectivity index (χ1n) is 7.84. The highest BCUT2D eigenvalue weighted by molar-refractivity contribution is 7.09. The third-order valence-corrected chi connectivity index (χ3v) is 4.94. The Kier molecular flexibility index (Phi) is 4.97. The second-order valence-electron chi connectivity index (χ2n) is 5.74. The summed E-state index contributed by atoms with van der Waals surface area (Å²) in [7, 11) is 0. The molecule has 0 radical (unpaired) electrons. The zero-order chi connectivity index (χ0) is 16.9. The van der Waals surface area contributed by atoms with Crippen LogP contribution in [-0.4, -0.2) is 18.4 Å². The molecule has 1 fully saturated rings. The van der Waals surface area contributed by atoms with Gasteiger partial charge in [-0.25, -0.2) is 0 Å². The number of benzene rings is 1. The summed E-state index contributed by atoms with van der Waals surface area (Å²) >= 11 is 1.61. The molecule has 0 bridgehead atoms. The summed E-state index contributed by atoms with van der Waals surface area (Å²) in [6, 6.07) is 11.4. The molecule has 122 valence electrons. The van der Waals surface area contributed by atoms with E-state index in [9.17, 15) is 9.59 Å². The van der Waals surface area contributed by atoms with Gasteiger partial charge in [0.2, 0.25) is 11.8 Å². The van der Waals surface area contributed by atoms with Crippen molar-refractivity contribution in [1.29, 1.82) is 0 Å². The topological polar surface area (TPSA) is 49.4 Å². The van der Waals surface area contributed by atoms with E-state index < -0.39 is 0 Å². The minimum atomic E-state index is -0.284. The maximum atomic E-state index is 13.1. The number of thiophene rings is 1. The molecule has 3 rings (SSSR count). The van der Waals surface area contributed by atoms with Gasteiger partial charge < -0.3 is 10.2 Å². The van der Waals surface area contributed by atoms with Crippen LogP contribution in [0.2, 0.25) is 0 Å². The number of piperidine rings is 1. The summed E-state index contributed by atoms with van der Waals surface area (Å²) in [4.78, 5) is 27.6. The van der Waals surface area contributed by atoms with Crippen LogP contribution in [0.1, 0.15) is 23.3 Å². The van der Waals surface area contributed by atoms with Gasteiger partial charge in [-0.2, -0.15) is 0 Å². The lowest BCUT2D eigenvalue weighted by atomic mass is 9.95. The normalized spacial score (nSPS) is 17.0. The number of carbonyl (C=O) groups is 2. The van der Waals surface area contributed by atoms with Crippen LogP contribution in [0.5, 0.6) is 0 Å². The summed E-state index contributed by atoms with van der Waals surface area (Å²) < 4.78 is 0. The van der Waals surface area contributed by atoms with E-state index in [4.69, 9.17) is 6.42 Å². The predicted molar refractivity (Wildman–Crippen MR) is 95.6 cm³/mol. The number of amides is 2. The van der Waals surface area contributed by atoms with Crippen LogP contribution in [0.4, 0.5) is 5.69 Å². The number of nitrogens with zero attached hydrogens (tertiary/aromatic N) is 1. The summed E-state index contributed by atoms with van der Waals surface area (Å²) in [6.07, 6.45) is 6.40. The molecule has 1 saturated heterocycles. The number of anilines is 1. The van der Waals surface area contributed by atoms with Crippen LogP contribution in [0, 0.1) is 18.3 Å². The van der Waals surface area contributed by atoms with E-state index in [2.05, 4.69) is 11.2 Å². The first-order valence-corrected chi connectivity index (χ1v) is 8.72. The Bertz CT molecular complexity index is 777. The number of rotatable bonds is 4. The van der Waals surface area contributed by atoms with Gasteiger partial charge in [-0.3, -0.25) is 9.59 Å². The fourth-order valence-electron chi connectivity index (χ4n) is 2.83. The van der Waals surface area contributed by atoms with Crippen LogP contribution in [-0.2, 0) is 16.1 Å². The van der Waals surface area contributed by atoms with Crippen molar-refractivity contribution in [2.45, 2.75) is 19.4 Å². The van der Waals surface area contributed by atoms with Crippen LogP contribution in [0.25, 0.3) is 0 Å². The first-order chi connectivity index (χ1) is 11.7. The Balaban J connectivity index is 1.90. The van der Waals surface area contributed by atoms with E-state index in [0.29, 0.717) is 19.5 Å². The fourth-order valence-corrected chi connectivity index (χ4v) is 3.53. The van der Waals surface area contributed by atoms with Gasteiger partial charge in [0.15, 0.2) is 0 Å². The average molecular weight is 338 g/mol. The molecule has 1 aliphatic rings. The first kappa shape index (κ1) is 16.3. The highest BCUT2D eigenvalue weighted by Gasteiger charge is 2.30. The minimum absolute atomic E-state index is 0.0209. The number of nitrogens with one attached hydrogen (secondary N) is 1. The largest absolute Gasteiger partial charge is 0.356 e. The molecule has 0 spiro atoms. The van der Waals surface area contributed by atoms with Gasteiger partial charge >= 0.3 is 0 Å². The second-order valence-corrected chi connectivity index (χ2v) is 6.77. The standard InChI is InChI=1S/C19H18N2O2S/c1-2-14-5-3-6-16(11-14)21(13-17-7-4-10-24-17)19(23)15-8-9-20-18(22)12-15/h1,3-7,10-11,15H,8-9,12-13H2,(H,20,22)/t15-/m1/s1. The Hall–Kier alpha value is -2.58. The summed E-state index contributed by atoms with van der Waals surface area (Å²) in [6.45, 7) is 1.04. The van der Waals surface area contributed by atoms with Crippen LogP contribution in [0.15, 0.2) is 41.8 Å². The number of terminal acetylenes is 1. The summed E-state index contributed by atoms with van der Waals surface area (Å²) in [5, 5.41) is 4.77. The molecule has 4 nitrogen and oxygen atoms in total. The van der Waals surface area contributed by atoms with Gasteiger partial charge in [-0.15, -0.1) is 17.8 Å². The third-order valence-electron chi connectivity index (χ3n) is 4.08. The van der Waals surface area contributed by atoms with Crippen molar-refractivity contribution in [1.82, 2.24) is 5.32 Å². The van der Waals surface area contributed by atoms with Crippen molar-refractivity contribution >= 4 is 28.8 Å². The lowest BCUT2D eigenvalue weighted by Crippen LogP contribution is -2.43. The maximum absolute atomic E-state index is 13.1. The fraction of sp³-hybridized carbons (Fsp3) is 0.263. The van der Waals surface area contributed by atoms with Crippen molar-refractivity contribution < 1.29 is 9.59 Å². The Morgan fingerprint density at radius 3 is 2.96 bits per heavy atom. The molecular formula is C19H18N2O2S. The van der Waals surface area contributed by atoms with Crippen molar-refractivity contribution in [3.05, 3.63) is 52.2 Å². The Morgan fingerprint density at radius 1 is 1.38 bits per heavy atom. The van der Waals surface area contributed by atoms with E-state index in [1.54, 1.807) is 16.2 Å². The zero-order valence-corrected chi connectivity index (χ0v) is 14.0. The van der Waals surface area contributed by atoms with Crippen molar-refractivity contribution in [2.24, 2.45) is 5.92 Å². The smallest absolute Gasteiger partial charge is 0.231 e. The monoisotopic (exact) mass is 338 g/mol. The van der Waals surface area contributed by atoms with Crippen molar-refractivity contribution in [2.75, 3.05) is 11.4 Å². The van der Waals surface area contributed by atoms with E-state index in [1.807, 2.05) is 41.8 Å². The van der Waals surface area contributed by atoms with Crippen LogP contribution < -0.4 is 10.2 Å². The Morgan fingerprint density at radius 2 is 2.25 bits per heavy atom. The highest BCUT2D eigenvalue weighted by atomic mass is 32.1. The highest BCUT2D eigenvalue weighted by Crippen LogP contribution is 2.25. The van der Waals surface area contributed by atoms with Gasteiger partial charge in [-0.1, -0.05) is 18.1 Å². The molecule has 0 saturated carbocycles. The van der Waals surface area contributed by atoms with E-state index in [0.717, 1.165) is 16.1 Å². The molecule has 2 amide bonds. The predicted octanol–water partition coefficient (Wildman–Crippen LogP) is 2.79. The van der Waals surface area contributed by atoms with E-state index >= 15 is 0 Å². The quantitative estimate of drug-likeness (QED) is 0.872. The van der Waals surface area contributed by atoms with Crippen molar-refractivity contribution in [3.8, 4) is 12.3 Å². The molecule has 1 aromatic heterocycles. The lowest BCUT2D eigenvalue weighted by molar-refractivity contribution is -0.130. The Labute approximate surface area is 145 Å². The SMILES string of the molecule is C#Cc1cccc(N(Cc2cccs2)C(=O)[C@@H]2CCNC(=O)C2)c1. The molecule has 2 heterocycles.